The van der Waals surface area contributed by atoms with Crippen LogP contribution in [0.5, 0.6) is 11.5 Å². The molecular formula is C27H28N4O3. The summed E-state index contributed by atoms with van der Waals surface area (Å²) in [6.45, 7) is 3.23. The van der Waals surface area contributed by atoms with Crippen LogP contribution in [0.2, 0.25) is 0 Å². The van der Waals surface area contributed by atoms with Gasteiger partial charge in [0.15, 0.2) is 5.82 Å². The Morgan fingerprint density at radius 3 is 2.68 bits per heavy atom. The van der Waals surface area contributed by atoms with E-state index < -0.39 is 0 Å². The van der Waals surface area contributed by atoms with E-state index in [2.05, 4.69) is 10.2 Å². The van der Waals surface area contributed by atoms with Gasteiger partial charge in [0.2, 0.25) is 0 Å². The average molecular weight is 457 g/mol. The molecule has 1 heterocycles. The number of phenols is 1. The van der Waals surface area contributed by atoms with Gasteiger partial charge in [-0.2, -0.15) is 0 Å². The van der Waals surface area contributed by atoms with Crippen LogP contribution in [-0.2, 0) is 0 Å². The number of aromatic hydroxyl groups is 1. The second-order valence-corrected chi connectivity index (χ2v) is 8.17. The van der Waals surface area contributed by atoms with E-state index in [4.69, 9.17) is 14.7 Å². The first kappa shape index (κ1) is 23.0. The maximum Gasteiger partial charge on any atom is 0.251 e. The summed E-state index contributed by atoms with van der Waals surface area (Å²) >= 11 is 0. The normalized spacial score (nSPS) is 10.8. The van der Waals surface area contributed by atoms with Crippen molar-refractivity contribution in [1.82, 2.24) is 15.3 Å². The lowest BCUT2D eigenvalue weighted by molar-refractivity contribution is 0.0953. The van der Waals surface area contributed by atoms with Gasteiger partial charge < -0.3 is 20.1 Å². The van der Waals surface area contributed by atoms with E-state index in [0.29, 0.717) is 35.8 Å². The number of hydrogen-bond acceptors (Lipinski definition) is 6. The molecule has 0 unspecified atom stereocenters. The molecule has 0 saturated carbocycles. The third-order valence-electron chi connectivity index (χ3n) is 5.63. The van der Waals surface area contributed by atoms with Crippen molar-refractivity contribution in [2.24, 2.45) is 0 Å². The van der Waals surface area contributed by atoms with E-state index in [-0.39, 0.29) is 11.7 Å². The van der Waals surface area contributed by atoms with Gasteiger partial charge in [0.05, 0.1) is 18.2 Å². The summed E-state index contributed by atoms with van der Waals surface area (Å²) in [6.07, 6.45) is 0.732. The van der Waals surface area contributed by atoms with E-state index in [1.807, 2.05) is 50.4 Å². The van der Waals surface area contributed by atoms with Gasteiger partial charge in [-0.05, 0) is 61.4 Å². The second-order valence-electron chi connectivity index (χ2n) is 8.17. The highest BCUT2D eigenvalue weighted by atomic mass is 16.5. The number of anilines is 1. The Balaban J connectivity index is 1.50. The highest BCUT2D eigenvalue weighted by molar-refractivity contribution is 5.94. The minimum atomic E-state index is -0.133. The van der Waals surface area contributed by atoms with Crippen LogP contribution in [0.1, 0.15) is 22.3 Å². The summed E-state index contributed by atoms with van der Waals surface area (Å²) in [6, 6.07) is 20.2. The lowest BCUT2D eigenvalue weighted by atomic mass is 10.1. The monoisotopic (exact) mass is 456 g/mol. The molecule has 1 amide bonds. The number of aromatic nitrogens is 2. The zero-order chi connectivity index (χ0) is 24.1. The number of nitrogens with one attached hydrogen (secondary N) is 1. The maximum absolute atomic E-state index is 12.4. The summed E-state index contributed by atoms with van der Waals surface area (Å²) in [5.41, 5.74) is 3.08. The van der Waals surface area contributed by atoms with Crippen LogP contribution in [0.15, 0.2) is 66.7 Å². The smallest absolute Gasteiger partial charge is 0.251 e. The fourth-order valence-corrected chi connectivity index (χ4v) is 3.79. The van der Waals surface area contributed by atoms with Gasteiger partial charge in [-0.3, -0.25) is 4.79 Å². The van der Waals surface area contributed by atoms with Crippen LogP contribution < -0.4 is 15.0 Å². The molecule has 3 aromatic carbocycles. The second kappa shape index (κ2) is 10.2. The van der Waals surface area contributed by atoms with Crippen LogP contribution in [0.25, 0.3) is 22.3 Å². The van der Waals surface area contributed by atoms with E-state index in [9.17, 15) is 9.90 Å². The van der Waals surface area contributed by atoms with Crippen molar-refractivity contribution >= 4 is 22.6 Å². The number of hydrogen-bond donors (Lipinski definition) is 2. The molecular weight excluding hydrogens is 428 g/mol. The van der Waals surface area contributed by atoms with Crippen molar-refractivity contribution in [2.45, 2.75) is 13.3 Å². The lowest BCUT2D eigenvalue weighted by Gasteiger charge is -2.21. The Kier molecular flexibility index (Phi) is 6.92. The number of amides is 1. The quantitative estimate of drug-likeness (QED) is 0.378. The first-order chi connectivity index (χ1) is 16.5. The fourth-order valence-electron chi connectivity index (χ4n) is 3.79. The summed E-state index contributed by atoms with van der Waals surface area (Å²) in [5, 5.41) is 14.2. The van der Waals surface area contributed by atoms with Crippen molar-refractivity contribution in [3.05, 3.63) is 77.9 Å². The molecule has 0 atom stereocenters. The van der Waals surface area contributed by atoms with Crippen LogP contribution in [0, 0.1) is 6.92 Å². The number of benzene rings is 3. The van der Waals surface area contributed by atoms with Gasteiger partial charge in [0.1, 0.15) is 17.3 Å². The molecule has 0 fully saturated rings. The molecule has 1 aromatic heterocycles. The number of rotatable bonds is 8. The van der Waals surface area contributed by atoms with Gasteiger partial charge in [-0.25, -0.2) is 9.97 Å². The number of phenolic OH excluding ortho intramolecular Hbond substituents is 1. The Hall–Kier alpha value is -4.13. The zero-order valence-electron chi connectivity index (χ0n) is 19.6. The molecule has 34 heavy (non-hydrogen) atoms. The van der Waals surface area contributed by atoms with Crippen molar-refractivity contribution in [1.29, 1.82) is 0 Å². The highest BCUT2D eigenvalue weighted by Gasteiger charge is 2.15. The average Bonchev–Trinajstić information content (AvgIpc) is 2.85. The van der Waals surface area contributed by atoms with Crippen LogP contribution in [0.3, 0.4) is 0 Å². The molecule has 4 rings (SSSR count). The Bertz CT molecular complexity index is 1320. The predicted molar refractivity (Wildman–Crippen MR) is 135 cm³/mol. The van der Waals surface area contributed by atoms with Crippen LogP contribution in [-0.4, -0.2) is 48.2 Å². The number of nitrogens with zero attached hydrogens (tertiary/aromatic N) is 3. The number of methoxy groups -OCH3 is 1. The van der Waals surface area contributed by atoms with Crippen molar-refractivity contribution in [3.8, 4) is 22.9 Å². The number of aryl methyl sites for hydroxylation is 1. The highest BCUT2D eigenvalue weighted by Crippen LogP contribution is 2.31. The minimum absolute atomic E-state index is 0.133. The molecule has 0 spiro atoms. The Morgan fingerprint density at radius 2 is 1.88 bits per heavy atom. The van der Waals surface area contributed by atoms with Gasteiger partial charge in [0, 0.05) is 31.1 Å². The Labute approximate surface area is 199 Å². The molecule has 0 radical (unpaired) electrons. The molecule has 0 bridgehead atoms. The number of para-hydroxylation sites is 1. The fraction of sp³-hybridized carbons (Fsp3) is 0.222. The van der Waals surface area contributed by atoms with E-state index >= 15 is 0 Å². The number of ether oxygens (including phenoxy) is 1. The third-order valence-corrected chi connectivity index (χ3v) is 5.63. The SMILES string of the molecule is COc1cccc(C(=O)NCCCN(C)c2nc(-c3ccccc3O)nc3cc(C)ccc23)c1. The van der Waals surface area contributed by atoms with E-state index in [1.54, 1.807) is 37.4 Å². The van der Waals surface area contributed by atoms with Gasteiger partial charge in [0.25, 0.3) is 5.91 Å². The largest absolute Gasteiger partial charge is 0.507 e. The third kappa shape index (κ3) is 5.09. The summed E-state index contributed by atoms with van der Waals surface area (Å²) in [7, 11) is 3.55. The Morgan fingerprint density at radius 1 is 1.06 bits per heavy atom. The van der Waals surface area contributed by atoms with Crippen molar-refractivity contribution < 1.29 is 14.6 Å². The molecule has 0 aliphatic heterocycles. The zero-order valence-corrected chi connectivity index (χ0v) is 19.6. The summed E-state index contributed by atoms with van der Waals surface area (Å²) < 4.78 is 5.19. The van der Waals surface area contributed by atoms with Gasteiger partial charge in [-0.15, -0.1) is 0 Å². The standard InChI is InChI=1S/C27H28N4O3/c1-18-12-13-21-23(16-18)29-25(22-10-4-5-11-24(22)32)30-26(21)31(2)15-7-14-28-27(33)19-8-6-9-20(17-19)34-3/h4-6,8-13,16-17,32H,7,14-15H2,1-3H3,(H,28,33). The molecule has 0 saturated heterocycles. The first-order valence-electron chi connectivity index (χ1n) is 11.2. The van der Waals surface area contributed by atoms with Crippen molar-refractivity contribution in [3.63, 3.8) is 0 Å². The minimum Gasteiger partial charge on any atom is -0.507 e. The summed E-state index contributed by atoms with van der Waals surface area (Å²) in [4.78, 5) is 24.0. The number of carbonyl (C=O) groups is 1. The van der Waals surface area contributed by atoms with Gasteiger partial charge >= 0.3 is 0 Å². The molecule has 7 nitrogen and oxygen atoms in total. The molecule has 4 aromatic rings. The first-order valence-corrected chi connectivity index (χ1v) is 11.2. The topological polar surface area (TPSA) is 87.6 Å². The maximum atomic E-state index is 12.4. The van der Waals surface area contributed by atoms with E-state index in [1.165, 1.54) is 0 Å². The molecule has 2 N–H and O–H groups in total. The number of carbonyl (C=O) groups excluding carboxylic acids is 1. The number of fused-ring (bicyclic) bond motifs is 1. The predicted octanol–water partition coefficient (Wildman–Crippen LogP) is 4.58. The van der Waals surface area contributed by atoms with E-state index in [0.717, 1.165) is 28.7 Å². The molecule has 7 heteroatoms. The van der Waals surface area contributed by atoms with Crippen LogP contribution in [0.4, 0.5) is 5.82 Å². The van der Waals surface area contributed by atoms with Crippen molar-refractivity contribution in [2.75, 3.05) is 32.1 Å². The molecule has 0 aliphatic carbocycles. The summed E-state index contributed by atoms with van der Waals surface area (Å²) in [5.74, 6) is 1.92. The molecule has 174 valence electrons. The van der Waals surface area contributed by atoms with Crippen LogP contribution >= 0.6 is 0 Å². The van der Waals surface area contributed by atoms with Gasteiger partial charge in [-0.1, -0.05) is 24.3 Å². The molecule has 0 aliphatic rings. The lowest BCUT2D eigenvalue weighted by Crippen LogP contribution is -2.28.